The molecule has 0 saturated heterocycles. The van der Waals surface area contributed by atoms with Gasteiger partial charge in [-0.3, -0.25) is 9.59 Å². The molecule has 3 rings (SSSR count). The first-order valence-corrected chi connectivity index (χ1v) is 12.3. The molecule has 0 aliphatic carbocycles. The Hall–Kier alpha value is -3.02. The van der Waals surface area contributed by atoms with E-state index in [0.717, 1.165) is 4.70 Å². The number of methoxy groups -OCH3 is 2. The second kappa shape index (κ2) is 9.86. The predicted octanol–water partition coefficient (Wildman–Crippen LogP) is 2.65. The fraction of sp³-hybridized carbons (Fsp3) is 0.318. The molecule has 0 fully saturated rings. The van der Waals surface area contributed by atoms with Gasteiger partial charge in [-0.05, 0) is 56.3 Å². The molecule has 0 N–H and O–H groups in total. The Bertz CT molecular complexity index is 1360. The monoisotopic (exact) mass is 491 g/mol. The summed E-state index contributed by atoms with van der Waals surface area (Å²) in [5.41, 5.74) is 0.928. The van der Waals surface area contributed by atoms with Gasteiger partial charge in [0.25, 0.3) is 5.91 Å². The number of hydrogen-bond donors (Lipinski definition) is 0. The zero-order valence-corrected chi connectivity index (χ0v) is 20.6. The molecule has 1 heterocycles. The molecule has 1 amide bonds. The number of carbonyl (C=O) groups excluding carboxylic acids is 2. The van der Waals surface area contributed by atoms with E-state index >= 15 is 0 Å². The molecule has 0 bridgehead atoms. The number of nitrogens with zero attached hydrogens (tertiary/aromatic N) is 3. The minimum Gasteiger partial charge on any atom is -0.497 e. The number of rotatable bonds is 7. The summed E-state index contributed by atoms with van der Waals surface area (Å²) in [7, 11) is 0.681. The summed E-state index contributed by atoms with van der Waals surface area (Å²) in [5.74, 6) is -0.411. The number of sulfonamides is 1. The fourth-order valence-corrected chi connectivity index (χ4v) is 5.40. The lowest BCUT2D eigenvalue weighted by Gasteiger charge is -2.20. The maximum absolute atomic E-state index is 12.9. The maximum Gasteiger partial charge on any atom is 0.325 e. The minimum atomic E-state index is -3.66. The van der Waals surface area contributed by atoms with E-state index in [0.29, 0.717) is 16.1 Å². The van der Waals surface area contributed by atoms with Crippen LogP contribution in [-0.4, -0.2) is 56.5 Å². The summed E-state index contributed by atoms with van der Waals surface area (Å²) in [5, 5.41) is 0. The van der Waals surface area contributed by atoms with E-state index in [1.54, 1.807) is 43.7 Å². The van der Waals surface area contributed by atoms with E-state index in [1.165, 1.54) is 54.1 Å². The predicted molar refractivity (Wildman–Crippen MR) is 125 cm³/mol. The van der Waals surface area contributed by atoms with Crippen LogP contribution in [0.5, 0.6) is 5.75 Å². The Morgan fingerprint density at radius 2 is 1.79 bits per heavy atom. The van der Waals surface area contributed by atoms with Crippen molar-refractivity contribution in [2.24, 2.45) is 4.99 Å². The van der Waals surface area contributed by atoms with Crippen LogP contribution in [0.2, 0.25) is 0 Å². The molecule has 9 nitrogen and oxygen atoms in total. The van der Waals surface area contributed by atoms with Crippen molar-refractivity contribution in [3.05, 3.63) is 52.8 Å². The van der Waals surface area contributed by atoms with Crippen LogP contribution in [0.15, 0.2) is 52.4 Å². The van der Waals surface area contributed by atoms with Crippen molar-refractivity contribution in [2.45, 2.75) is 31.3 Å². The highest BCUT2D eigenvalue weighted by Gasteiger charge is 2.23. The van der Waals surface area contributed by atoms with Crippen LogP contribution >= 0.6 is 11.3 Å². The third kappa shape index (κ3) is 5.15. The average Bonchev–Trinajstić information content (AvgIpc) is 3.13. The smallest absolute Gasteiger partial charge is 0.325 e. The molecule has 0 aliphatic heterocycles. The molecule has 0 unspecified atom stereocenters. The van der Waals surface area contributed by atoms with Crippen LogP contribution in [0.3, 0.4) is 0 Å². The van der Waals surface area contributed by atoms with Gasteiger partial charge in [0, 0.05) is 18.7 Å². The van der Waals surface area contributed by atoms with Crippen LogP contribution < -0.4 is 9.54 Å². The lowest BCUT2D eigenvalue weighted by Crippen LogP contribution is -2.33. The Kier molecular flexibility index (Phi) is 7.35. The van der Waals surface area contributed by atoms with Crippen LogP contribution in [-0.2, 0) is 26.1 Å². The third-order valence-electron chi connectivity index (χ3n) is 5.11. The van der Waals surface area contributed by atoms with Crippen molar-refractivity contribution in [2.75, 3.05) is 21.3 Å². The number of amides is 1. The van der Waals surface area contributed by atoms with Gasteiger partial charge in [-0.15, -0.1) is 0 Å². The molecule has 0 radical (unpaired) electrons. The topological polar surface area (TPSA) is 107 Å². The quantitative estimate of drug-likeness (QED) is 0.470. The first-order valence-electron chi connectivity index (χ1n) is 9.99. The molecule has 0 saturated carbocycles. The second-order valence-corrected chi connectivity index (χ2v) is 10.4. The molecule has 33 heavy (non-hydrogen) atoms. The van der Waals surface area contributed by atoms with Crippen LogP contribution in [0, 0.1) is 0 Å². The SMILES string of the molecule is COC(=O)Cn1c(=NC(=O)c2ccc(S(=O)(=O)N(C)C(C)C)cc2)sc2cc(OC)ccc21. The fourth-order valence-electron chi connectivity index (χ4n) is 2.98. The van der Waals surface area contributed by atoms with E-state index in [1.807, 2.05) is 0 Å². The van der Waals surface area contributed by atoms with Gasteiger partial charge >= 0.3 is 5.97 Å². The highest BCUT2D eigenvalue weighted by molar-refractivity contribution is 7.89. The van der Waals surface area contributed by atoms with Gasteiger partial charge in [0.1, 0.15) is 12.3 Å². The van der Waals surface area contributed by atoms with Gasteiger partial charge in [0.05, 0.1) is 29.3 Å². The Morgan fingerprint density at radius 3 is 2.36 bits per heavy atom. The summed E-state index contributed by atoms with van der Waals surface area (Å²) in [6.07, 6.45) is 0. The van der Waals surface area contributed by atoms with Crippen molar-refractivity contribution in [3.8, 4) is 5.75 Å². The van der Waals surface area contributed by atoms with Gasteiger partial charge in [0.2, 0.25) is 10.0 Å². The van der Waals surface area contributed by atoms with Crippen molar-refractivity contribution < 1.29 is 27.5 Å². The molecule has 11 heteroatoms. The van der Waals surface area contributed by atoms with Crippen LogP contribution in [0.4, 0.5) is 0 Å². The van der Waals surface area contributed by atoms with Crippen molar-refractivity contribution in [1.29, 1.82) is 0 Å². The second-order valence-electron chi connectivity index (χ2n) is 7.44. The first-order chi connectivity index (χ1) is 15.6. The molecular weight excluding hydrogens is 466 g/mol. The van der Waals surface area contributed by atoms with Gasteiger partial charge in [-0.2, -0.15) is 9.30 Å². The van der Waals surface area contributed by atoms with E-state index in [2.05, 4.69) is 4.99 Å². The molecule has 176 valence electrons. The molecule has 2 aromatic carbocycles. The first kappa shape index (κ1) is 24.6. The normalized spacial score (nSPS) is 12.5. The standard InChI is InChI=1S/C22H25N3O6S2/c1-14(2)24(3)33(28,29)17-9-6-15(7-10-17)21(27)23-22-25(13-20(26)31-5)18-11-8-16(30-4)12-19(18)32-22/h6-12,14H,13H2,1-5H3. The largest absolute Gasteiger partial charge is 0.497 e. The zero-order valence-electron chi connectivity index (χ0n) is 18.9. The summed E-state index contributed by atoms with van der Waals surface area (Å²) >= 11 is 1.23. The van der Waals surface area contributed by atoms with Crippen molar-refractivity contribution >= 4 is 43.5 Å². The highest BCUT2D eigenvalue weighted by atomic mass is 32.2. The molecule has 0 atom stereocenters. The van der Waals surface area contributed by atoms with Crippen LogP contribution in [0.25, 0.3) is 10.2 Å². The number of carbonyl (C=O) groups is 2. The molecule has 0 aliphatic rings. The van der Waals surface area contributed by atoms with E-state index in [9.17, 15) is 18.0 Å². The van der Waals surface area contributed by atoms with Crippen molar-refractivity contribution in [1.82, 2.24) is 8.87 Å². The summed E-state index contributed by atoms with van der Waals surface area (Å²) in [6, 6.07) is 10.7. The molecular formula is C22H25N3O6S2. The number of aromatic nitrogens is 1. The lowest BCUT2D eigenvalue weighted by atomic mass is 10.2. The van der Waals surface area contributed by atoms with Gasteiger partial charge < -0.3 is 14.0 Å². The molecule has 0 spiro atoms. The molecule has 3 aromatic rings. The number of thiazole rings is 1. The molecule has 1 aromatic heterocycles. The lowest BCUT2D eigenvalue weighted by molar-refractivity contribution is -0.141. The van der Waals surface area contributed by atoms with E-state index in [4.69, 9.17) is 9.47 Å². The number of benzene rings is 2. The number of ether oxygens (including phenoxy) is 2. The zero-order chi connectivity index (χ0) is 24.3. The maximum atomic E-state index is 12.9. The Morgan fingerprint density at radius 1 is 1.12 bits per heavy atom. The number of hydrogen-bond acceptors (Lipinski definition) is 7. The minimum absolute atomic E-state index is 0.0879. The number of fused-ring (bicyclic) bond motifs is 1. The third-order valence-corrected chi connectivity index (χ3v) is 8.20. The Balaban J connectivity index is 2.02. The van der Waals surface area contributed by atoms with Gasteiger partial charge in [-0.25, -0.2) is 8.42 Å². The van der Waals surface area contributed by atoms with E-state index < -0.39 is 21.9 Å². The highest BCUT2D eigenvalue weighted by Crippen LogP contribution is 2.23. The van der Waals surface area contributed by atoms with Crippen molar-refractivity contribution in [3.63, 3.8) is 0 Å². The van der Waals surface area contributed by atoms with Gasteiger partial charge in [0.15, 0.2) is 4.80 Å². The van der Waals surface area contributed by atoms with Gasteiger partial charge in [-0.1, -0.05) is 11.3 Å². The average molecular weight is 492 g/mol. The van der Waals surface area contributed by atoms with E-state index in [-0.39, 0.29) is 23.0 Å². The summed E-state index contributed by atoms with van der Waals surface area (Å²) in [6.45, 7) is 3.44. The summed E-state index contributed by atoms with van der Waals surface area (Å²) in [4.78, 5) is 29.4. The Labute approximate surface area is 195 Å². The number of esters is 1. The summed E-state index contributed by atoms with van der Waals surface area (Å²) < 4.78 is 38.9. The van der Waals surface area contributed by atoms with Crippen LogP contribution in [0.1, 0.15) is 24.2 Å².